The second-order valence-electron chi connectivity index (χ2n) is 3.32. The molecule has 0 spiro atoms. The fourth-order valence-corrected chi connectivity index (χ4v) is 1.32. The van der Waals surface area contributed by atoms with Crippen LogP contribution in [0.15, 0.2) is 16.7 Å². The van der Waals surface area contributed by atoms with Gasteiger partial charge in [0.05, 0.1) is 0 Å². The number of hydrogen-bond acceptors (Lipinski definition) is 5. The van der Waals surface area contributed by atoms with Crippen molar-refractivity contribution < 1.29 is 14.4 Å². The molecule has 1 N–H and O–H groups in total. The van der Waals surface area contributed by atoms with Crippen LogP contribution < -0.4 is 0 Å². The van der Waals surface area contributed by atoms with Crippen LogP contribution in [0.5, 0.6) is 0 Å². The molecule has 0 saturated carbocycles. The van der Waals surface area contributed by atoms with Gasteiger partial charge >= 0.3 is 5.97 Å². The highest BCUT2D eigenvalue weighted by Crippen LogP contribution is 2.17. The van der Waals surface area contributed by atoms with Gasteiger partial charge in [0.15, 0.2) is 0 Å². The predicted octanol–water partition coefficient (Wildman–Crippen LogP) is 1.45. The molecule has 2 heterocycles. The first-order valence-corrected chi connectivity index (χ1v) is 4.59. The molecule has 0 amide bonds. The van der Waals surface area contributed by atoms with E-state index < -0.39 is 5.97 Å². The quantitative estimate of drug-likeness (QED) is 0.822. The zero-order valence-electron chi connectivity index (χ0n) is 8.76. The van der Waals surface area contributed by atoms with Crippen LogP contribution in [-0.4, -0.2) is 26.2 Å². The van der Waals surface area contributed by atoms with E-state index in [2.05, 4.69) is 15.1 Å². The molecule has 82 valence electrons. The molecule has 0 aliphatic heterocycles. The molecule has 0 radical (unpaired) electrons. The molecule has 0 atom stereocenters. The van der Waals surface area contributed by atoms with Gasteiger partial charge in [-0.25, -0.2) is 9.78 Å². The van der Waals surface area contributed by atoms with E-state index in [1.165, 1.54) is 6.07 Å². The molecular formula is C10H9N3O3. The summed E-state index contributed by atoms with van der Waals surface area (Å²) in [7, 11) is 0. The molecule has 0 aromatic carbocycles. The SMILES string of the molecule is Cc1cc(-c2noc(C)n2)cc(C(=O)O)n1. The Kier molecular flexibility index (Phi) is 2.40. The van der Waals surface area contributed by atoms with Crippen molar-refractivity contribution in [1.29, 1.82) is 0 Å². The third-order valence-corrected chi connectivity index (χ3v) is 1.96. The number of aromatic nitrogens is 3. The molecule has 2 aromatic heterocycles. The maximum atomic E-state index is 10.8. The largest absolute Gasteiger partial charge is 0.477 e. The van der Waals surface area contributed by atoms with Crippen molar-refractivity contribution in [3.8, 4) is 11.4 Å². The van der Waals surface area contributed by atoms with Gasteiger partial charge in [-0.1, -0.05) is 5.16 Å². The first kappa shape index (κ1) is 10.3. The first-order chi connectivity index (χ1) is 7.56. The van der Waals surface area contributed by atoms with Gasteiger partial charge in [-0.3, -0.25) is 0 Å². The number of hydrogen-bond donors (Lipinski definition) is 1. The van der Waals surface area contributed by atoms with E-state index in [1.807, 2.05) is 0 Å². The lowest BCUT2D eigenvalue weighted by Gasteiger charge is -1.99. The summed E-state index contributed by atoms with van der Waals surface area (Å²) in [6, 6.07) is 3.12. The van der Waals surface area contributed by atoms with Gasteiger partial charge < -0.3 is 9.63 Å². The Morgan fingerprint density at radius 2 is 2.06 bits per heavy atom. The molecule has 16 heavy (non-hydrogen) atoms. The number of nitrogens with zero attached hydrogens (tertiary/aromatic N) is 3. The Balaban J connectivity index is 2.53. The first-order valence-electron chi connectivity index (χ1n) is 4.59. The summed E-state index contributed by atoms with van der Waals surface area (Å²) in [6.45, 7) is 3.38. The third-order valence-electron chi connectivity index (χ3n) is 1.96. The summed E-state index contributed by atoms with van der Waals surface area (Å²) in [5, 5.41) is 12.6. The minimum Gasteiger partial charge on any atom is -0.477 e. The highest BCUT2D eigenvalue weighted by molar-refractivity contribution is 5.86. The molecule has 2 aromatic rings. The number of aromatic carboxylic acids is 1. The molecular weight excluding hydrogens is 210 g/mol. The van der Waals surface area contributed by atoms with Crippen molar-refractivity contribution >= 4 is 5.97 Å². The van der Waals surface area contributed by atoms with Crippen LogP contribution in [0.1, 0.15) is 22.1 Å². The molecule has 0 bridgehead atoms. The van der Waals surface area contributed by atoms with Gasteiger partial charge in [-0.2, -0.15) is 4.98 Å². The van der Waals surface area contributed by atoms with Crippen LogP contribution >= 0.6 is 0 Å². The van der Waals surface area contributed by atoms with E-state index in [4.69, 9.17) is 9.63 Å². The Labute approximate surface area is 90.9 Å². The minimum atomic E-state index is -1.08. The molecule has 2 rings (SSSR count). The standard InChI is InChI=1S/C10H9N3O3/c1-5-3-7(4-8(11-5)10(14)15)9-12-6(2)16-13-9/h3-4H,1-2H3,(H,14,15). The van der Waals surface area contributed by atoms with E-state index in [9.17, 15) is 4.79 Å². The molecule has 0 aliphatic carbocycles. The van der Waals surface area contributed by atoms with Crippen molar-refractivity contribution in [3.63, 3.8) is 0 Å². The minimum absolute atomic E-state index is 0.0301. The number of carboxylic acids is 1. The van der Waals surface area contributed by atoms with Crippen LogP contribution in [0.4, 0.5) is 0 Å². The van der Waals surface area contributed by atoms with Crippen LogP contribution in [0.25, 0.3) is 11.4 Å². The monoisotopic (exact) mass is 219 g/mol. The lowest BCUT2D eigenvalue weighted by Crippen LogP contribution is -2.02. The summed E-state index contributed by atoms with van der Waals surface area (Å²) >= 11 is 0. The second-order valence-corrected chi connectivity index (χ2v) is 3.32. The average Bonchev–Trinajstić information content (AvgIpc) is 2.64. The molecule has 6 nitrogen and oxygen atoms in total. The fourth-order valence-electron chi connectivity index (χ4n) is 1.32. The number of aryl methyl sites for hydroxylation is 2. The Morgan fingerprint density at radius 3 is 2.62 bits per heavy atom. The predicted molar refractivity (Wildman–Crippen MR) is 54.0 cm³/mol. The van der Waals surface area contributed by atoms with Gasteiger partial charge in [0.25, 0.3) is 0 Å². The zero-order valence-corrected chi connectivity index (χ0v) is 8.76. The Morgan fingerprint density at radius 1 is 1.31 bits per heavy atom. The van der Waals surface area contributed by atoms with E-state index >= 15 is 0 Å². The summed E-state index contributed by atoms with van der Waals surface area (Å²) < 4.78 is 4.83. The van der Waals surface area contributed by atoms with Crippen molar-refractivity contribution in [2.24, 2.45) is 0 Å². The smallest absolute Gasteiger partial charge is 0.354 e. The molecule has 6 heteroatoms. The zero-order chi connectivity index (χ0) is 11.7. The van der Waals surface area contributed by atoms with Crippen LogP contribution in [0.3, 0.4) is 0 Å². The second kappa shape index (κ2) is 3.73. The summed E-state index contributed by atoms with van der Waals surface area (Å²) in [5.74, 6) is -0.281. The van der Waals surface area contributed by atoms with Crippen molar-refractivity contribution in [2.45, 2.75) is 13.8 Å². The van der Waals surface area contributed by atoms with E-state index in [-0.39, 0.29) is 5.69 Å². The lowest BCUT2D eigenvalue weighted by atomic mass is 10.2. The van der Waals surface area contributed by atoms with Crippen LogP contribution in [0.2, 0.25) is 0 Å². The van der Waals surface area contributed by atoms with Crippen molar-refractivity contribution in [1.82, 2.24) is 15.1 Å². The van der Waals surface area contributed by atoms with Gasteiger partial charge in [-0.05, 0) is 19.1 Å². The maximum Gasteiger partial charge on any atom is 0.354 e. The van der Waals surface area contributed by atoms with E-state index in [1.54, 1.807) is 19.9 Å². The highest BCUT2D eigenvalue weighted by Gasteiger charge is 2.11. The van der Waals surface area contributed by atoms with Crippen LogP contribution in [0, 0.1) is 13.8 Å². The van der Waals surface area contributed by atoms with Gasteiger partial charge in [0, 0.05) is 18.2 Å². The molecule has 0 unspecified atom stereocenters. The highest BCUT2D eigenvalue weighted by atomic mass is 16.5. The Bertz CT molecular complexity index is 548. The number of carbonyl (C=O) groups is 1. The fraction of sp³-hybridized carbons (Fsp3) is 0.200. The summed E-state index contributed by atoms with van der Waals surface area (Å²) in [5.41, 5.74) is 1.15. The molecule has 0 aliphatic rings. The topological polar surface area (TPSA) is 89.1 Å². The third kappa shape index (κ3) is 1.90. The number of pyridine rings is 1. The number of carboxylic acid groups (broad SMARTS) is 1. The summed E-state index contributed by atoms with van der Waals surface area (Å²) in [6.07, 6.45) is 0. The lowest BCUT2D eigenvalue weighted by molar-refractivity contribution is 0.0690. The molecule has 0 fully saturated rings. The molecule has 0 saturated heterocycles. The maximum absolute atomic E-state index is 10.8. The van der Waals surface area contributed by atoms with Gasteiger partial charge in [0.2, 0.25) is 11.7 Å². The van der Waals surface area contributed by atoms with Crippen molar-refractivity contribution in [2.75, 3.05) is 0 Å². The normalized spacial score (nSPS) is 10.4. The van der Waals surface area contributed by atoms with Gasteiger partial charge in [0.1, 0.15) is 5.69 Å². The van der Waals surface area contributed by atoms with Crippen LogP contribution in [-0.2, 0) is 0 Å². The Hall–Kier alpha value is -2.24. The van der Waals surface area contributed by atoms with Crippen molar-refractivity contribution in [3.05, 3.63) is 29.4 Å². The van der Waals surface area contributed by atoms with E-state index in [0.29, 0.717) is 23.0 Å². The summed E-state index contributed by atoms with van der Waals surface area (Å²) in [4.78, 5) is 18.7. The van der Waals surface area contributed by atoms with E-state index in [0.717, 1.165) is 0 Å². The average molecular weight is 219 g/mol. The number of rotatable bonds is 2. The van der Waals surface area contributed by atoms with Gasteiger partial charge in [-0.15, -0.1) is 0 Å².